The van der Waals surface area contributed by atoms with Crippen LogP contribution in [0.4, 0.5) is 5.82 Å². The van der Waals surface area contributed by atoms with Crippen LogP contribution in [0.25, 0.3) is 0 Å². The maximum absolute atomic E-state index is 13.2. The normalized spacial score (nSPS) is 21.2. The molecule has 1 aromatic heterocycles. The molecule has 3 rings (SSSR count). The molecule has 2 saturated heterocycles. The first-order valence-corrected chi connectivity index (χ1v) is 10.3. The van der Waals surface area contributed by atoms with E-state index in [1.165, 1.54) is 0 Å². The lowest BCUT2D eigenvalue weighted by Crippen LogP contribution is -2.50. The lowest BCUT2D eigenvalue weighted by molar-refractivity contribution is -0.141. The van der Waals surface area contributed by atoms with Gasteiger partial charge in [0, 0.05) is 50.8 Å². The number of likely N-dealkylation sites (tertiary alicyclic amines) is 1. The Labute approximate surface area is 162 Å². The van der Waals surface area contributed by atoms with Gasteiger partial charge in [-0.1, -0.05) is 6.07 Å². The van der Waals surface area contributed by atoms with Crippen molar-refractivity contribution < 1.29 is 9.59 Å². The van der Waals surface area contributed by atoms with Crippen molar-refractivity contribution in [3.8, 4) is 0 Å². The second-order valence-corrected chi connectivity index (χ2v) is 7.79. The Bertz CT molecular complexity index is 638. The molecule has 0 radical (unpaired) electrons. The van der Waals surface area contributed by atoms with Gasteiger partial charge in [-0.15, -0.1) is 0 Å². The van der Waals surface area contributed by atoms with E-state index in [2.05, 4.69) is 27.3 Å². The van der Waals surface area contributed by atoms with Crippen LogP contribution in [-0.4, -0.2) is 53.9 Å². The molecule has 27 heavy (non-hydrogen) atoms. The van der Waals surface area contributed by atoms with E-state index in [1.807, 2.05) is 24.9 Å². The summed E-state index contributed by atoms with van der Waals surface area (Å²) in [4.78, 5) is 34.0. The third-order valence-corrected chi connectivity index (χ3v) is 5.77. The number of anilines is 1. The summed E-state index contributed by atoms with van der Waals surface area (Å²) in [7, 11) is 0. The van der Waals surface area contributed by atoms with E-state index in [0.717, 1.165) is 63.1 Å². The molecule has 3 heterocycles. The van der Waals surface area contributed by atoms with E-state index >= 15 is 0 Å². The van der Waals surface area contributed by atoms with Gasteiger partial charge in [-0.25, -0.2) is 4.98 Å². The van der Waals surface area contributed by atoms with Gasteiger partial charge in [0.2, 0.25) is 11.8 Å². The molecule has 1 N–H and O–H groups in total. The Morgan fingerprint density at radius 3 is 2.59 bits per heavy atom. The number of nitrogens with one attached hydrogen (secondary N) is 1. The number of aryl methyl sites for hydroxylation is 1. The molecule has 1 unspecified atom stereocenters. The minimum absolute atomic E-state index is 0.0578. The van der Waals surface area contributed by atoms with Crippen LogP contribution in [0.3, 0.4) is 0 Å². The van der Waals surface area contributed by atoms with Crippen LogP contribution in [0.15, 0.2) is 18.3 Å². The van der Waals surface area contributed by atoms with E-state index in [9.17, 15) is 9.59 Å². The van der Waals surface area contributed by atoms with Crippen molar-refractivity contribution in [1.29, 1.82) is 0 Å². The third-order valence-electron chi connectivity index (χ3n) is 5.77. The van der Waals surface area contributed by atoms with Crippen molar-refractivity contribution in [2.24, 2.45) is 5.92 Å². The number of hydrogen-bond donors (Lipinski definition) is 1. The lowest BCUT2D eigenvalue weighted by Gasteiger charge is -2.40. The second kappa shape index (κ2) is 9.20. The predicted molar refractivity (Wildman–Crippen MR) is 107 cm³/mol. The number of carbonyl (C=O) groups is 2. The van der Waals surface area contributed by atoms with Gasteiger partial charge in [-0.05, 0) is 57.6 Å². The number of aromatic nitrogens is 1. The zero-order valence-corrected chi connectivity index (χ0v) is 16.6. The van der Waals surface area contributed by atoms with E-state index in [-0.39, 0.29) is 23.8 Å². The van der Waals surface area contributed by atoms with Crippen molar-refractivity contribution in [3.63, 3.8) is 0 Å². The monoisotopic (exact) mass is 372 g/mol. The minimum Gasteiger partial charge on any atom is -0.357 e. The molecular weight excluding hydrogens is 340 g/mol. The quantitative estimate of drug-likeness (QED) is 0.862. The van der Waals surface area contributed by atoms with Crippen LogP contribution < -0.4 is 10.2 Å². The largest absolute Gasteiger partial charge is 0.357 e. The summed E-state index contributed by atoms with van der Waals surface area (Å²) in [5.41, 5.74) is 1.16. The van der Waals surface area contributed by atoms with Gasteiger partial charge in [0.05, 0.1) is 0 Å². The van der Waals surface area contributed by atoms with Crippen LogP contribution in [0.1, 0.15) is 51.0 Å². The van der Waals surface area contributed by atoms with Crippen LogP contribution in [0, 0.1) is 12.8 Å². The lowest BCUT2D eigenvalue weighted by atomic mass is 9.91. The SMILES string of the molecule is CCNC(=O)CC1CCCCN1C(=O)C1CCN(c2ccc(C)cn2)CC1. The molecule has 0 saturated carbocycles. The maximum Gasteiger partial charge on any atom is 0.226 e. The molecule has 0 aromatic carbocycles. The highest BCUT2D eigenvalue weighted by Crippen LogP contribution is 2.27. The number of nitrogens with zero attached hydrogens (tertiary/aromatic N) is 3. The number of carbonyl (C=O) groups excluding carboxylic acids is 2. The minimum atomic E-state index is 0.0578. The molecule has 6 nitrogen and oxygen atoms in total. The fraction of sp³-hybridized carbons (Fsp3) is 0.667. The highest BCUT2D eigenvalue weighted by atomic mass is 16.2. The fourth-order valence-corrected chi connectivity index (χ4v) is 4.22. The highest BCUT2D eigenvalue weighted by Gasteiger charge is 2.34. The summed E-state index contributed by atoms with van der Waals surface area (Å²) in [6.45, 7) is 7.13. The third kappa shape index (κ3) is 4.99. The fourth-order valence-electron chi connectivity index (χ4n) is 4.22. The molecule has 0 aliphatic carbocycles. The zero-order valence-electron chi connectivity index (χ0n) is 16.6. The van der Waals surface area contributed by atoms with Crippen LogP contribution in [-0.2, 0) is 9.59 Å². The topological polar surface area (TPSA) is 65.5 Å². The molecular formula is C21H32N4O2. The van der Waals surface area contributed by atoms with E-state index < -0.39 is 0 Å². The van der Waals surface area contributed by atoms with Crippen molar-refractivity contribution in [1.82, 2.24) is 15.2 Å². The van der Waals surface area contributed by atoms with Gasteiger partial charge >= 0.3 is 0 Å². The molecule has 1 aromatic rings. The maximum atomic E-state index is 13.2. The van der Waals surface area contributed by atoms with Gasteiger partial charge in [0.1, 0.15) is 5.82 Å². The van der Waals surface area contributed by atoms with Crippen molar-refractivity contribution in [2.75, 3.05) is 31.1 Å². The first-order chi connectivity index (χ1) is 13.1. The first-order valence-electron chi connectivity index (χ1n) is 10.3. The smallest absolute Gasteiger partial charge is 0.226 e. The molecule has 1 atom stereocenters. The number of pyridine rings is 1. The Morgan fingerprint density at radius 2 is 1.93 bits per heavy atom. The Balaban J connectivity index is 1.56. The molecule has 6 heteroatoms. The standard InChI is InChI=1S/C21H32N4O2/c1-3-22-20(26)14-18-6-4-5-11-25(18)21(27)17-9-12-24(13-10-17)19-8-7-16(2)15-23-19/h7-8,15,17-18H,3-6,9-14H2,1-2H3,(H,22,26). The van der Waals surface area contributed by atoms with Gasteiger partial charge in [-0.2, -0.15) is 0 Å². The summed E-state index contributed by atoms with van der Waals surface area (Å²) >= 11 is 0. The average molecular weight is 373 g/mol. The number of amides is 2. The number of rotatable bonds is 5. The van der Waals surface area contributed by atoms with Crippen LogP contribution >= 0.6 is 0 Å². The Morgan fingerprint density at radius 1 is 1.15 bits per heavy atom. The Hall–Kier alpha value is -2.11. The predicted octanol–water partition coefficient (Wildman–Crippen LogP) is 2.51. The number of hydrogen-bond acceptors (Lipinski definition) is 4. The van der Waals surface area contributed by atoms with E-state index in [1.54, 1.807) is 0 Å². The highest BCUT2D eigenvalue weighted by molar-refractivity contribution is 5.81. The van der Waals surface area contributed by atoms with Gasteiger partial charge in [0.25, 0.3) is 0 Å². The molecule has 0 spiro atoms. The van der Waals surface area contributed by atoms with E-state index in [0.29, 0.717) is 13.0 Å². The van der Waals surface area contributed by atoms with Crippen LogP contribution in [0.2, 0.25) is 0 Å². The summed E-state index contributed by atoms with van der Waals surface area (Å²) in [6, 6.07) is 4.21. The van der Waals surface area contributed by atoms with Crippen LogP contribution in [0.5, 0.6) is 0 Å². The zero-order chi connectivity index (χ0) is 19.2. The van der Waals surface area contributed by atoms with Crippen molar-refractivity contribution in [2.45, 2.75) is 58.4 Å². The van der Waals surface area contributed by atoms with Crippen molar-refractivity contribution >= 4 is 17.6 Å². The molecule has 2 fully saturated rings. The average Bonchev–Trinajstić information content (AvgIpc) is 2.69. The molecule has 2 aliphatic heterocycles. The van der Waals surface area contributed by atoms with Gasteiger partial charge in [0.15, 0.2) is 0 Å². The molecule has 2 aliphatic rings. The van der Waals surface area contributed by atoms with E-state index in [4.69, 9.17) is 0 Å². The molecule has 0 bridgehead atoms. The second-order valence-electron chi connectivity index (χ2n) is 7.79. The summed E-state index contributed by atoms with van der Waals surface area (Å²) in [5, 5.41) is 2.87. The van der Waals surface area contributed by atoms with Crippen molar-refractivity contribution in [3.05, 3.63) is 23.9 Å². The number of piperidine rings is 2. The Kier molecular flexibility index (Phi) is 6.69. The molecule has 148 valence electrons. The van der Waals surface area contributed by atoms with Gasteiger partial charge < -0.3 is 15.1 Å². The summed E-state index contributed by atoms with van der Waals surface area (Å²) < 4.78 is 0. The molecule has 2 amide bonds. The first kappa shape index (κ1) is 19.6. The summed E-state index contributed by atoms with van der Waals surface area (Å²) in [5.74, 6) is 1.38. The van der Waals surface area contributed by atoms with Gasteiger partial charge in [-0.3, -0.25) is 9.59 Å². The summed E-state index contributed by atoms with van der Waals surface area (Å²) in [6.07, 6.45) is 7.14.